The van der Waals surface area contributed by atoms with Crippen LogP contribution >= 0.6 is 23.2 Å². The number of anilines is 1. The van der Waals surface area contributed by atoms with Crippen molar-refractivity contribution in [2.45, 2.75) is 0 Å². The van der Waals surface area contributed by atoms with Crippen LogP contribution in [0.25, 0.3) is 0 Å². The molecule has 2 N–H and O–H groups in total. The van der Waals surface area contributed by atoms with Gasteiger partial charge in [-0.25, -0.2) is 10.9 Å². The van der Waals surface area contributed by atoms with Crippen LogP contribution in [0.2, 0.25) is 10.0 Å². The third kappa shape index (κ3) is 1.88. The summed E-state index contributed by atoms with van der Waals surface area (Å²) in [6.45, 7) is 0. The third-order valence-corrected chi connectivity index (χ3v) is 1.84. The Morgan fingerprint density at radius 3 is 2.58 bits per heavy atom. The van der Waals surface area contributed by atoms with Gasteiger partial charge in [0, 0.05) is 5.02 Å². The number of amides is 1. The van der Waals surface area contributed by atoms with E-state index in [-0.39, 0.29) is 0 Å². The smallest absolute Gasteiger partial charge is 0.228 e. The number of nitrogens with zero attached hydrogens (tertiary/aromatic N) is 1. The van der Waals surface area contributed by atoms with Crippen molar-refractivity contribution in [1.29, 1.82) is 0 Å². The van der Waals surface area contributed by atoms with Crippen LogP contribution in [-0.4, -0.2) is 6.41 Å². The van der Waals surface area contributed by atoms with E-state index in [1.165, 1.54) is 6.07 Å². The molecule has 1 aromatic rings. The maximum Gasteiger partial charge on any atom is 0.228 e. The minimum Gasteiger partial charge on any atom is -0.277 e. The molecule has 64 valence electrons. The molecule has 1 rings (SSSR count). The van der Waals surface area contributed by atoms with Crippen molar-refractivity contribution in [3.63, 3.8) is 0 Å². The summed E-state index contributed by atoms with van der Waals surface area (Å²) in [4.78, 5) is 10.3. The summed E-state index contributed by atoms with van der Waals surface area (Å²) in [6.07, 6.45) is 0.467. The van der Waals surface area contributed by atoms with Crippen molar-refractivity contribution in [3.8, 4) is 0 Å². The van der Waals surface area contributed by atoms with Crippen molar-refractivity contribution in [2.24, 2.45) is 5.84 Å². The highest BCUT2D eigenvalue weighted by molar-refractivity contribution is 6.36. The van der Waals surface area contributed by atoms with E-state index in [0.717, 1.165) is 5.01 Å². The number of nitrogens with two attached hydrogens (primary N) is 1. The fourth-order valence-corrected chi connectivity index (χ4v) is 1.25. The molecule has 0 heterocycles. The molecule has 0 saturated carbocycles. The van der Waals surface area contributed by atoms with Gasteiger partial charge in [0.05, 0.1) is 10.7 Å². The molecule has 0 unspecified atom stereocenters. The van der Waals surface area contributed by atoms with Crippen molar-refractivity contribution < 1.29 is 4.79 Å². The lowest BCUT2D eigenvalue weighted by Gasteiger charge is -2.11. The summed E-state index contributed by atoms with van der Waals surface area (Å²) in [5, 5.41) is 1.73. The summed E-state index contributed by atoms with van der Waals surface area (Å²) < 4.78 is 0. The topological polar surface area (TPSA) is 46.3 Å². The Kier molecular flexibility index (Phi) is 2.92. The molecule has 0 saturated heterocycles. The van der Waals surface area contributed by atoms with Crippen LogP contribution in [0.4, 0.5) is 5.69 Å². The summed E-state index contributed by atoms with van der Waals surface area (Å²) in [7, 11) is 0. The molecular formula is C7H6Cl2N2O. The first-order valence-electron chi connectivity index (χ1n) is 3.09. The number of rotatable bonds is 2. The van der Waals surface area contributed by atoms with Crippen LogP contribution in [0.3, 0.4) is 0 Å². The maximum atomic E-state index is 10.3. The first-order chi connectivity index (χ1) is 5.65. The lowest BCUT2D eigenvalue weighted by Crippen LogP contribution is -2.28. The Hall–Kier alpha value is -0.770. The number of benzene rings is 1. The number of hydrogen-bond acceptors (Lipinski definition) is 2. The highest BCUT2D eigenvalue weighted by Crippen LogP contribution is 2.26. The summed E-state index contributed by atoms with van der Waals surface area (Å²) in [5.41, 5.74) is 0.427. The van der Waals surface area contributed by atoms with E-state index in [1.807, 2.05) is 0 Å². The first kappa shape index (κ1) is 9.32. The van der Waals surface area contributed by atoms with E-state index >= 15 is 0 Å². The quantitative estimate of drug-likeness (QED) is 0.346. The maximum absolute atomic E-state index is 10.3. The predicted octanol–water partition coefficient (Wildman–Crippen LogP) is 1.83. The molecule has 0 atom stereocenters. The normalized spacial score (nSPS) is 9.58. The Labute approximate surface area is 79.6 Å². The van der Waals surface area contributed by atoms with Crippen molar-refractivity contribution in [1.82, 2.24) is 0 Å². The largest absolute Gasteiger partial charge is 0.277 e. The molecule has 0 fully saturated rings. The lowest BCUT2D eigenvalue weighted by molar-refractivity contribution is -0.107. The number of carbonyl (C=O) groups is 1. The van der Waals surface area contributed by atoms with Crippen LogP contribution in [0.5, 0.6) is 0 Å². The van der Waals surface area contributed by atoms with Gasteiger partial charge in [0.1, 0.15) is 0 Å². The van der Waals surface area contributed by atoms with Gasteiger partial charge in [-0.3, -0.25) is 4.79 Å². The molecule has 0 bridgehead atoms. The monoisotopic (exact) mass is 204 g/mol. The zero-order valence-corrected chi connectivity index (χ0v) is 7.51. The molecule has 0 spiro atoms. The van der Waals surface area contributed by atoms with Crippen molar-refractivity contribution >= 4 is 35.3 Å². The molecule has 1 aromatic carbocycles. The molecule has 1 amide bonds. The second-order valence-electron chi connectivity index (χ2n) is 2.11. The van der Waals surface area contributed by atoms with Crippen molar-refractivity contribution in [2.75, 3.05) is 5.01 Å². The Bertz CT molecular complexity index is 303. The molecule has 0 aliphatic carbocycles. The highest BCUT2D eigenvalue weighted by Gasteiger charge is 2.04. The first-order valence-corrected chi connectivity index (χ1v) is 3.85. The molecule has 5 heteroatoms. The molecular weight excluding hydrogens is 199 g/mol. The standard InChI is InChI=1S/C7H6Cl2N2O/c8-5-1-2-7(6(9)3-5)11(10)4-12/h1-4H,10H2. The van der Waals surface area contributed by atoms with E-state index < -0.39 is 0 Å². The Morgan fingerprint density at radius 1 is 1.42 bits per heavy atom. The molecule has 0 aliphatic rings. The second-order valence-corrected chi connectivity index (χ2v) is 2.95. The highest BCUT2D eigenvalue weighted by atomic mass is 35.5. The molecule has 3 nitrogen and oxygen atoms in total. The predicted molar refractivity (Wildman–Crippen MR) is 49.2 cm³/mol. The number of carbonyl (C=O) groups excluding carboxylic acids is 1. The SMILES string of the molecule is NN(C=O)c1ccc(Cl)cc1Cl. The number of hydrogen-bond donors (Lipinski definition) is 1. The van der Waals surface area contributed by atoms with Crippen LogP contribution in [0.15, 0.2) is 18.2 Å². The van der Waals surface area contributed by atoms with Gasteiger partial charge in [0.25, 0.3) is 0 Å². The van der Waals surface area contributed by atoms with E-state index in [1.54, 1.807) is 12.1 Å². The fraction of sp³-hybridized carbons (Fsp3) is 0. The van der Waals surface area contributed by atoms with Gasteiger partial charge < -0.3 is 0 Å². The van der Waals surface area contributed by atoms with Gasteiger partial charge in [-0.1, -0.05) is 23.2 Å². The van der Waals surface area contributed by atoms with Gasteiger partial charge in [-0.05, 0) is 18.2 Å². The van der Waals surface area contributed by atoms with Crippen LogP contribution in [0, 0.1) is 0 Å². The van der Waals surface area contributed by atoms with Crippen LogP contribution in [-0.2, 0) is 4.79 Å². The lowest BCUT2D eigenvalue weighted by atomic mass is 10.3. The van der Waals surface area contributed by atoms with Crippen LogP contribution in [0.1, 0.15) is 0 Å². The van der Waals surface area contributed by atoms with Gasteiger partial charge >= 0.3 is 0 Å². The van der Waals surface area contributed by atoms with Gasteiger partial charge in [-0.15, -0.1) is 0 Å². The fourth-order valence-electron chi connectivity index (χ4n) is 0.747. The molecule has 0 radical (unpaired) electrons. The van der Waals surface area contributed by atoms with Crippen LogP contribution < -0.4 is 10.9 Å². The van der Waals surface area contributed by atoms with E-state index in [9.17, 15) is 4.79 Å². The average Bonchev–Trinajstić information content (AvgIpc) is 2.03. The van der Waals surface area contributed by atoms with Gasteiger partial charge in [0.15, 0.2) is 0 Å². The average molecular weight is 205 g/mol. The summed E-state index contributed by atoms with van der Waals surface area (Å²) >= 11 is 11.4. The molecule has 0 aromatic heterocycles. The second kappa shape index (κ2) is 3.76. The van der Waals surface area contributed by atoms with E-state index in [4.69, 9.17) is 29.0 Å². The minimum absolute atomic E-state index is 0.345. The molecule has 12 heavy (non-hydrogen) atoms. The van der Waals surface area contributed by atoms with Gasteiger partial charge in [0.2, 0.25) is 6.41 Å². The Morgan fingerprint density at radius 2 is 2.08 bits per heavy atom. The third-order valence-electron chi connectivity index (χ3n) is 1.30. The Balaban J connectivity index is 3.09. The number of halogens is 2. The molecule has 0 aliphatic heterocycles. The van der Waals surface area contributed by atoms with E-state index in [0.29, 0.717) is 22.1 Å². The van der Waals surface area contributed by atoms with E-state index in [2.05, 4.69) is 0 Å². The zero-order valence-electron chi connectivity index (χ0n) is 6.00. The summed E-state index contributed by atoms with van der Waals surface area (Å²) in [6, 6.07) is 4.69. The zero-order chi connectivity index (χ0) is 9.14. The number of hydrazine groups is 1. The van der Waals surface area contributed by atoms with Crippen molar-refractivity contribution in [3.05, 3.63) is 28.2 Å². The minimum atomic E-state index is 0.345. The van der Waals surface area contributed by atoms with Gasteiger partial charge in [-0.2, -0.15) is 0 Å². The summed E-state index contributed by atoms with van der Waals surface area (Å²) in [5.74, 6) is 5.28.